The lowest BCUT2D eigenvalue weighted by atomic mass is 9.82. The number of benzene rings is 5. The fourth-order valence-electron chi connectivity index (χ4n) is 4.71. The molecule has 0 bridgehead atoms. The lowest BCUT2D eigenvalue weighted by Gasteiger charge is -2.25. The van der Waals surface area contributed by atoms with Crippen LogP contribution in [0, 0.1) is 0 Å². The molecule has 5 aromatic rings. The first-order valence-corrected chi connectivity index (χ1v) is 11.5. The zero-order valence-corrected chi connectivity index (χ0v) is 18.9. The molecule has 6 rings (SSSR count). The highest BCUT2D eigenvalue weighted by Gasteiger charge is 2.30. The third-order valence-electron chi connectivity index (χ3n) is 6.42. The number of carbonyl (C=O) groups is 2. The first-order chi connectivity index (χ1) is 17.2. The van der Waals surface area contributed by atoms with Crippen molar-refractivity contribution in [3.05, 3.63) is 139 Å². The van der Waals surface area contributed by atoms with Crippen molar-refractivity contribution in [2.75, 3.05) is 4.90 Å². The van der Waals surface area contributed by atoms with Crippen molar-refractivity contribution in [3.8, 4) is 22.3 Å². The molecule has 0 fully saturated rings. The number of hydrogen-bond acceptors (Lipinski definition) is 3. The second-order valence-corrected chi connectivity index (χ2v) is 8.52. The molecule has 35 heavy (non-hydrogen) atoms. The van der Waals surface area contributed by atoms with Crippen molar-refractivity contribution in [2.24, 2.45) is 0 Å². The number of nitrogens with zero attached hydrogens (tertiary/aromatic N) is 1. The predicted octanol–water partition coefficient (Wildman–Crippen LogP) is 7.87. The van der Waals surface area contributed by atoms with Crippen LogP contribution in [-0.2, 0) is 0 Å². The van der Waals surface area contributed by atoms with E-state index in [4.69, 9.17) is 0 Å². The maximum Gasteiger partial charge on any atom is 0.234 e. The second kappa shape index (κ2) is 8.54. The molecule has 166 valence electrons. The molecule has 1 aliphatic carbocycles. The first kappa shape index (κ1) is 20.8. The zero-order valence-electron chi connectivity index (χ0n) is 18.9. The van der Waals surface area contributed by atoms with E-state index in [0.717, 1.165) is 39.3 Å². The molecule has 0 atom stereocenters. The topological polar surface area (TPSA) is 37.4 Å². The molecule has 3 heteroatoms. The monoisotopic (exact) mass is 451 g/mol. The van der Waals surface area contributed by atoms with E-state index >= 15 is 0 Å². The summed E-state index contributed by atoms with van der Waals surface area (Å²) in [5, 5.41) is 0. The highest BCUT2D eigenvalue weighted by atomic mass is 16.2. The smallest absolute Gasteiger partial charge is 0.234 e. The molecular weight excluding hydrogens is 430 g/mol. The number of rotatable bonds is 4. The second-order valence-electron chi connectivity index (χ2n) is 8.52. The molecule has 0 heterocycles. The summed E-state index contributed by atoms with van der Waals surface area (Å²) in [7, 11) is 0. The predicted molar refractivity (Wildman–Crippen MR) is 141 cm³/mol. The van der Waals surface area contributed by atoms with Gasteiger partial charge in [-0.2, -0.15) is 0 Å². The van der Waals surface area contributed by atoms with E-state index < -0.39 is 11.6 Å². The Bertz CT molecular complexity index is 1520. The van der Waals surface area contributed by atoms with E-state index in [1.54, 1.807) is 18.2 Å². The van der Waals surface area contributed by atoms with Crippen molar-refractivity contribution in [2.45, 2.75) is 0 Å². The average molecular weight is 452 g/mol. The van der Waals surface area contributed by atoms with Gasteiger partial charge in [0, 0.05) is 28.2 Å². The summed E-state index contributed by atoms with van der Waals surface area (Å²) < 4.78 is 0. The van der Waals surface area contributed by atoms with Crippen molar-refractivity contribution < 1.29 is 9.59 Å². The van der Waals surface area contributed by atoms with Crippen LogP contribution >= 0.6 is 0 Å². The number of anilines is 3. The number of fused-ring (bicyclic) bond motifs is 3. The Morgan fingerprint density at radius 1 is 0.371 bits per heavy atom. The van der Waals surface area contributed by atoms with E-state index in [2.05, 4.69) is 53.4 Å². The van der Waals surface area contributed by atoms with E-state index in [-0.39, 0.29) is 0 Å². The van der Waals surface area contributed by atoms with Gasteiger partial charge in [0.05, 0.1) is 0 Å². The number of Topliss-reactive ketones (excluding diaryl/α,β-unsaturated/α-hetero) is 2. The molecule has 0 N–H and O–H groups in total. The SMILES string of the molecule is O=C1C(=O)c2ccc(-c3ccc(N(c4ccccc4)c4ccccc4)cc3)cc2-c2ccccc21. The normalized spacial score (nSPS) is 12.1. The number of ketones is 2. The summed E-state index contributed by atoms with van der Waals surface area (Å²) in [6, 6.07) is 42.0. The van der Waals surface area contributed by atoms with Gasteiger partial charge in [0.15, 0.2) is 0 Å². The van der Waals surface area contributed by atoms with E-state index in [1.807, 2.05) is 60.7 Å². The summed E-state index contributed by atoms with van der Waals surface area (Å²) in [5.41, 5.74) is 7.81. The summed E-state index contributed by atoms with van der Waals surface area (Å²) in [5.74, 6) is -0.880. The standard InChI is InChI=1S/C32H21NO2/c34-31-28-14-8-7-13-27(28)30-21-23(17-20-29(30)32(31)35)22-15-18-26(19-16-22)33(24-9-3-1-4-10-24)25-11-5-2-6-12-25/h1-21H. The Hall–Kier alpha value is -4.76. The molecule has 1 aliphatic rings. The van der Waals surface area contributed by atoms with E-state index in [0.29, 0.717) is 11.1 Å². The van der Waals surface area contributed by atoms with Crippen LogP contribution in [0.15, 0.2) is 127 Å². The minimum Gasteiger partial charge on any atom is -0.311 e. The van der Waals surface area contributed by atoms with E-state index in [9.17, 15) is 9.59 Å². The molecule has 0 aliphatic heterocycles. The molecule has 5 aromatic carbocycles. The molecule has 3 nitrogen and oxygen atoms in total. The summed E-state index contributed by atoms with van der Waals surface area (Å²) >= 11 is 0. The molecule has 0 saturated carbocycles. The van der Waals surface area contributed by atoms with Crippen LogP contribution < -0.4 is 4.90 Å². The third kappa shape index (κ3) is 3.64. The largest absolute Gasteiger partial charge is 0.311 e. The number of para-hydroxylation sites is 2. The highest BCUT2D eigenvalue weighted by Crippen LogP contribution is 2.38. The van der Waals surface area contributed by atoms with Crippen molar-refractivity contribution >= 4 is 28.6 Å². The highest BCUT2D eigenvalue weighted by molar-refractivity contribution is 6.53. The van der Waals surface area contributed by atoms with Gasteiger partial charge in [-0.1, -0.05) is 78.9 Å². The first-order valence-electron chi connectivity index (χ1n) is 11.5. The van der Waals surface area contributed by atoms with Crippen LogP contribution in [0.2, 0.25) is 0 Å². The lowest BCUT2D eigenvalue weighted by Crippen LogP contribution is -2.21. The van der Waals surface area contributed by atoms with Crippen LogP contribution in [0.4, 0.5) is 17.1 Å². The van der Waals surface area contributed by atoms with Crippen LogP contribution in [0.1, 0.15) is 20.7 Å². The van der Waals surface area contributed by atoms with Gasteiger partial charge in [-0.25, -0.2) is 0 Å². The van der Waals surface area contributed by atoms with Gasteiger partial charge in [-0.15, -0.1) is 0 Å². The quantitative estimate of drug-likeness (QED) is 0.261. The Kier molecular flexibility index (Phi) is 5.08. The van der Waals surface area contributed by atoms with Gasteiger partial charge in [0.1, 0.15) is 0 Å². The number of hydrogen-bond donors (Lipinski definition) is 0. The molecule has 0 unspecified atom stereocenters. The van der Waals surface area contributed by atoms with Crippen LogP contribution in [0.3, 0.4) is 0 Å². The molecule has 0 saturated heterocycles. The third-order valence-corrected chi connectivity index (χ3v) is 6.42. The Morgan fingerprint density at radius 3 is 1.43 bits per heavy atom. The maximum absolute atomic E-state index is 12.7. The molecular formula is C32H21NO2. The summed E-state index contributed by atoms with van der Waals surface area (Å²) in [6.45, 7) is 0. The molecule has 0 radical (unpaired) electrons. The average Bonchev–Trinajstić information content (AvgIpc) is 2.93. The van der Waals surface area contributed by atoms with Crippen molar-refractivity contribution in [1.82, 2.24) is 0 Å². The zero-order chi connectivity index (χ0) is 23.8. The molecule has 0 spiro atoms. The Balaban J connectivity index is 1.41. The van der Waals surface area contributed by atoms with Crippen LogP contribution in [0.25, 0.3) is 22.3 Å². The van der Waals surface area contributed by atoms with Gasteiger partial charge in [-0.05, 0) is 70.8 Å². The van der Waals surface area contributed by atoms with Crippen LogP contribution in [0.5, 0.6) is 0 Å². The van der Waals surface area contributed by atoms with E-state index in [1.165, 1.54) is 0 Å². The Labute approximate surface area is 203 Å². The lowest BCUT2D eigenvalue weighted by molar-refractivity contribution is 0.0815. The summed E-state index contributed by atoms with van der Waals surface area (Å²) in [4.78, 5) is 27.4. The fraction of sp³-hybridized carbons (Fsp3) is 0. The van der Waals surface area contributed by atoms with Gasteiger partial charge >= 0.3 is 0 Å². The molecule has 0 amide bonds. The van der Waals surface area contributed by atoms with Gasteiger partial charge in [0.25, 0.3) is 0 Å². The fourth-order valence-corrected chi connectivity index (χ4v) is 4.71. The van der Waals surface area contributed by atoms with Gasteiger partial charge < -0.3 is 4.90 Å². The van der Waals surface area contributed by atoms with Gasteiger partial charge in [-0.3, -0.25) is 9.59 Å². The van der Waals surface area contributed by atoms with Crippen LogP contribution in [-0.4, -0.2) is 11.6 Å². The minimum absolute atomic E-state index is 0.438. The minimum atomic E-state index is -0.443. The number of carbonyl (C=O) groups excluding carboxylic acids is 2. The Morgan fingerprint density at radius 2 is 0.829 bits per heavy atom. The summed E-state index contributed by atoms with van der Waals surface area (Å²) in [6.07, 6.45) is 0. The van der Waals surface area contributed by atoms with Crippen molar-refractivity contribution in [1.29, 1.82) is 0 Å². The molecule has 0 aromatic heterocycles. The van der Waals surface area contributed by atoms with Gasteiger partial charge in [0.2, 0.25) is 11.6 Å². The van der Waals surface area contributed by atoms with Crippen molar-refractivity contribution in [3.63, 3.8) is 0 Å². The maximum atomic E-state index is 12.7.